The van der Waals surface area contributed by atoms with Gasteiger partial charge < -0.3 is 14.6 Å². The Morgan fingerprint density at radius 1 is 1.26 bits per heavy atom. The van der Waals surface area contributed by atoms with Gasteiger partial charge in [0.05, 0.1) is 26.9 Å². The maximum Gasteiger partial charge on any atom is 0.280 e. The fourth-order valence-electron chi connectivity index (χ4n) is 3.82. The van der Waals surface area contributed by atoms with E-state index >= 15 is 4.39 Å². The highest BCUT2D eigenvalue weighted by Crippen LogP contribution is 2.33. The summed E-state index contributed by atoms with van der Waals surface area (Å²) < 4.78 is 72.8. The predicted molar refractivity (Wildman–Crippen MR) is 129 cm³/mol. The van der Waals surface area contributed by atoms with Gasteiger partial charge in [-0.05, 0) is 38.3 Å². The average molecular weight is 550 g/mol. The third-order valence-corrected chi connectivity index (χ3v) is 6.04. The van der Waals surface area contributed by atoms with E-state index in [9.17, 15) is 18.7 Å². The molecule has 0 saturated heterocycles. The second kappa shape index (κ2) is 9.76. The van der Waals surface area contributed by atoms with Gasteiger partial charge >= 0.3 is 0 Å². The van der Waals surface area contributed by atoms with Crippen molar-refractivity contribution in [2.75, 3.05) is 6.61 Å². The minimum Gasteiger partial charge on any atom is -0.485 e. The summed E-state index contributed by atoms with van der Waals surface area (Å²) in [5.74, 6) is -4.31. The summed E-state index contributed by atoms with van der Waals surface area (Å²) in [5.41, 5.74) is -2.80. The van der Waals surface area contributed by atoms with Crippen LogP contribution in [0.4, 0.5) is 13.2 Å². The van der Waals surface area contributed by atoms with Crippen LogP contribution in [0.1, 0.15) is 40.0 Å². The van der Waals surface area contributed by atoms with Crippen LogP contribution < -0.4 is 15.0 Å². The predicted octanol–water partition coefficient (Wildman–Crippen LogP) is 4.02. The molecule has 13 heteroatoms. The summed E-state index contributed by atoms with van der Waals surface area (Å²) in [5, 5.41) is 13.8. The van der Waals surface area contributed by atoms with Gasteiger partial charge in [0.25, 0.3) is 5.56 Å². The molecule has 0 atom stereocenters. The molecule has 0 spiro atoms. The van der Waals surface area contributed by atoms with Gasteiger partial charge in [-0.1, -0.05) is 11.6 Å². The molecule has 1 N–H and O–H groups in total. The van der Waals surface area contributed by atoms with Crippen molar-refractivity contribution in [3.8, 4) is 23.1 Å². The Balaban J connectivity index is 1.64. The molecule has 0 amide bonds. The van der Waals surface area contributed by atoms with Gasteiger partial charge in [0.1, 0.15) is 34.4 Å². The highest BCUT2D eigenvalue weighted by Gasteiger charge is 2.27. The largest absolute Gasteiger partial charge is 0.485 e. The van der Waals surface area contributed by atoms with Crippen molar-refractivity contribution in [3.63, 3.8) is 0 Å². The Hall–Kier alpha value is -3.90. The van der Waals surface area contributed by atoms with E-state index < -0.39 is 51.6 Å². The molecule has 38 heavy (non-hydrogen) atoms. The standard InChI is InChI=1S/C25H21ClF3N5O4/c1-25(2,36)18-5-6-33(32-18)23-21(29)22-13(10-31-23)4-3-7-37-19-9-17(20(26)24(35)34(19)22)38-12-16-15(28)8-14(27)11-30-16/h5-6,8-11,36H,3-4,7,12H2,1-2H3/i12D2. The van der Waals surface area contributed by atoms with Crippen LogP contribution in [0.3, 0.4) is 0 Å². The number of pyridine rings is 3. The molecule has 0 unspecified atom stereocenters. The number of hydrogen-bond acceptors (Lipinski definition) is 7. The van der Waals surface area contributed by atoms with E-state index in [1.165, 1.54) is 32.3 Å². The minimum atomic E-state index is -2.98. The van der Waals surface area contributed by atoms with Gasteiger partial charge in [-0.3, -0.25) is 9.78 Å². The van der Waals surface area contributed by atoms with Gasteiger partial charge in [0.15, 0.2) is 17.5 Å². The van der Waals surface area contributed by atoms with Crippen LogP contribution in [0, 0.1) is 17.5 Å². The van der Waals surface area contributed by atoms with Crippen LogP contribution in [0.15, 0.2) is 41.6 Å². The Kier molecular flexibility index (Phi) is 5.97. The fourth-order valence-corrected chi connectivity index (χ4v) is 4.00. The van der Waals surface area contributed by atoms with Gasteiger partial charge in [0.2, 0.25) is 5.88 Å². The van der Waals surface area contributed by atoms with Crippen molar-refractivity contribution in [2.45, 2.75) is 38.8 Å². The molecule has 0 saturated carbocycles. The molecule has 198 valence electrons. The van der Waals surface area contributed by atoms with Crippen LogP contribution in [0.25, 0.3) is 11.5 Å². The molecule has 0 radical (unpaired) electrons. The quantitative estimate of drug-likeness (QED) is 0.401. The summed E-state index contributed by atoms with van der Waals surface area (Å²) in [7, 11) is 0. The van der Waals surface area contributed by atoms with Crippen molar-refractivity contribution in [2.24, 2.45) is 0 Å². The lowest BCUT2D eigenvalue weighted by Gasteiger charge is -2.22. The van der Waals surface area contributed by atoms with Gasteiger partial charge in [-0.15, -0.1) is 0 Å². The van der Waals surface area contributed by atoms with Crippen LogP contribution >= 0.6 is 11.6 Å². The highest BCUT2D eigenvalue weighted by atomic mass is 35.5. The highest BCUT2D eigenvalue weighted by molar-refractivity contribution is 6.31. The second-order valence-corrected chi connectivity index (χ2v) is 9.29. The topological polar surface area (TPSA) is 104 Å². The monoisotopic (exact) mass is 549 g/mol. The molecule has 4 aromatic rings. The normalized spacial score (nSPS) is 14.4. The molecule has 1 aliphatic rings. The zero-order valence-corrected chi connectivity index (χ0v) is 20.8. The number of fused-ring (bicyclic) bond motifs is 3. The number of ether oxygens (including phenoxy) is 2. The fraction of sp³-hybridized carbons (Fsp3) is 0.280. The summed E-state index contributed by atoms with van der Waals surface area (Å²) in [6, 6.07) is 2.99. The lowest BCUT2D eigenvalue weighted by Crippen LogP contribution is -2.26. The Morgan fingerprint density at radius 2 is 2.05 bits per heavy atom. The van der Waals surface area contributed by atoms with Gasteiger partial charge in [-0.25, -0.2) is 27.4 Å². The molecule has 5 rings (SSSR count). The van der Waals surface area contributed by atoms with Crippen molar-refractivity contribution >= 4 is 11.6 Å². The molecule has 1 aliphatic heterocycles. The summed E-state index contributed by atoms with van der Waals surface area (Å²) in [6.45, 7) is 0.148. The molecule has 0 aromatic carbocycles. The molecular formula is C25H21ClF3N5O4. The number of nitrogens with zero attached hydrogens (tertiary/aromatic N) is 5. The summed E-state index contributed by atoms with van der Waals surface area (Å²) in [4.78, 5) is 21.1. The summed E-state index contributed by atoms with van der Waals surface area (Å²) >= 11 is 6.27. The van der Waals surface area contributed by atoms with Crippen LogP contribution in [-0.4, -0.2) is 36.0 Å². The number of aliphatic hydroxyl groups is 1. The number of halogens is 4. The average Bonchev–Trinajstić information content (AvgIpc) is 3.35. The van der Waals surface area contributed by atoms with Gasteiger partial charge in [-0.2, -0.15) is 5.10 Å². The first-order valence-corrected chi connectivity index (χ1v) is 11.7. The maximum atomic E-state index is 16.1. The molecular weight excluding hydrogens is 527 g/mol. The first-order valence-electron chi connectivity index (χ1n) is 12.3. The SMILES string of the molecule is [2H]C([2H])(Oc1cc2n(c(=O)c1Cl)-c1c(cnc(-n3ccc(C(C)(C)O)n3)c1F)CCCO2)c1ncc(F)cc1F. The smallest absolute Gasteiger partial charge is 0.280 e. The first kappa shape index (κ1) is 23.2. The Bertz CT molecular complexity index is 1690. The minimum absolute atomic E-state index is 0.0957. The molecule has 4 aromatic heterocycles. The Morgan fingerprint density at radius 3 is 2.76 bits per heavy atom. The van der Waals surface area contributed by atoms with E-state index in [2.05, 4.69) is 15.1 Å². The van der Waals surface area contributed by atoms with E-state index in [0.29, 0.717) is 30.7 Å². The lowest BCUT2D eigenvalue weighted by atomic mass is 10.1. The second-order valence-electron chi connectivity index (χ2n) is 8.92. The molecule has 0 bridgehead atoms. The van der Waals surface area contributed by atoms with Crippen LogP contribution in [0.2, 0.25) is 5.02 Å². The number of aryl methyl sites for hydroxylation is 1. The molecule has 0 aliphatic carbocycles. The van der Waals surface area contributed by atoms with E-state index in [1.54, 1.807) is 0 Å². The maximum absolute atomic E-state index is 16.1. The zero-order valence-electron chi connectivity index (χ0n) is 22.0. The number of hydrogen-bond donors (Lipinski definition) is 1. The molecule has 5 heterocycles. The number of rotatable bonds is 5. The Labute approximate surface area is 221 Å². The molecule has 0 fully saturated rings. The van der Waals surface area contributed by atoms with Crippen LogP contribution in [-0.2, 0) is 18.6 Å². The van der Waals surface area contributed by atoms with Crippen molar-refractivity contribution in [1.29, 1.82) is 0 Å². The van der Waals surface area contributed by atoms with Crippen molar-refractivity contribution in [3.05, 3.63) is 86.6 Å². The summed E-state index contributed by atoms with van der Waals surface area (Å²) in [6.07, 6.45) is 4.11. The van der Waals surface area contributed by atoms with Crippen LogP contribution in [0.5, 0.6) is 11.6 Å². The first-order chi connectivity index (χ1) is 18.8. The van der Waals surface area contributed by atoms with E-state index in [1.807, 2.05) is 0 Å². The van der Waals surface area contributed by atoms with Crippen molar-refractivity contribution in [1.82, 2.24) is 24.3 Å². The van der Waals surface area contributed by atoms with Gasteiger partial charge in [0, 0.05) is 24.5 Å². The lowest BCUT2D eigenvalue weighted by molar-refractivity contribution is 0.0734. The van der Waals surface area contributed by atoms with E-state index in [-0.39, 0.29) is 29.7 Å². The molecule has 9 nitrogen and oxygen atoms in total. The van der Waals surface area contributed by atoms with E-state index in [0.717, 1.165) is 15.3 Å². The third-order valence-electron chi connectivity index (χ3n) is 5.70. The zero-order chi connectivity index (χ0) is 29.0. The third kappa shape index (κ3) is 4.72. The van der Waals surface area contributed by atoms with Crippen molar-refractivity contribution < 1.29 is 30.5 Å². The van der Waals surface area contributed by atoms with E-state index in [4.69, 9.17) is 23.8 Å². The number of aromatic nitrogens is 5.